The van der Waals surface area contributed by atoms with E-state index in [1.165, 1.54) is 5.56 Å². The van der Waals surface area contributed by atoms with Gasteiger partial charge in [0.25, 0.3) is 10.1 Å². The van der Waals surface area contributed by atoms with Gasteiger partial charge in [0.2, 0.25) is 0 Å². The van der Waals surface area contributed by atoms with Crippen molar-refractivity contribution >= 4 is 27.7 Å². The SMILES string of the molecule is CS(=O)(=O)O.N=C(N)N1CCc2cc(OCC3(C(=O)O)CCN(c4ccncc4)CC3)ccc2C1. The molecular formula is C23H31N5O6S. The molecule has 190 valence electrons. The number of aromatic nitrogens is 1. The summed E-state index contributed by atoms with van der Waals surface area (Å²) in [6.45, 7) is 2.82. The van der Waals surface area contributed by atoms with Crippen molar-refractivity contribution in [3.8, 4) is 5.75 Å². The second-order valence-corrected chi connectivity index (χ2v) is 10.3. The minimum Gasteiger partial charge on any atom is -0.492 e. The van der Waals surface area contributed by atoms with Crippen molar-refractivity contribution < 1.29 is 27.6 Å². The number of nitrogens with one attached hydrogen (secondary N) is 1. The van der Waals surface area contributed by atoms with Crippen molar-refractivity contribution in [3.05, 3.63) is 53.9 Å². The number of anilines is 1. The van der Waals surface area contributed by atoms with E-state index in [1.807, 2.05) is 35.2 Å². The Labute approximate surface area is 204 Å². The summed E-state index contributed by atoms with van der Waals surface area (Å²) in [6, 6.07) is 9.76. The first-order valence-corrected chi connectivity index (χ1v) is 13.0. The summed E-state index contributed by atoms with van der Waals surface area (Å²) in [5.41, 5.74) is 8.08. The van der Waals surface area contributed by atoms with Crippen LogP contribution in [-0.4, -0.2) is 72.4 Å². The third-order valence-electron chi connectivity index (χ3n) is 6.25. The molecule has 4 rings (SSSR count). The number of nitrogens with two attached hydrogens (primary N) is 1. The van der Waals surface area contributed by atoms with Crippen LogP contribution in [0, 0.1) is 10.8 Å². The van der Waals surface area contributed by atoms with Crippen molar-refractivity contribution in [1.29, 1.82) is 5.41 Å². The molecule has 0 saturated carbocycles. The van der Waals surface area contributed by atoms with Gasteiger partial charge in [-0.25, -0.2) is 0 Å². The summed E-state index contributed by atoms with van der Waals surface area (Å²) >= 11 is 0. The third kappa shape index (κ3) is 7.30. The predicted molar refractivity (Wildman–Crippen MR) is 131 cm³/mol. The lowest BCUT2D eigenvalue weighted by Crippen LogP contribution is -2.47. The number of ether oxygens (including phenoxy) is 1. The molecule has 0 aliphatic carbocycles. The zero-order chi connectivity index (χ0) is 25.6. The van der Waals surface area contributed by atoms with E-state index in [9.17, 15) is 18.3 Å². The number of guanidine groups is 1. The van der Waals surface area contributed by atoms with Crippen LogP contribution >= 0.6 is 0 Å². The van der Waals surface area contributed by atoms with E-state index in [-0.39, 0.29) is 12.6 Å². The number of rotatable bonds is 5. The van der Waals surface area contributed by atoms with Crippen LogP contribution in [0.4, 0.5) is 5.69 Å². The van der Waals surface area contributed by atoms with Crippen molar-refractivity contribution in [3.63, 3.8) is 0 Å². The quantitative estimate of drug-likeness (QED) is 0.266. The van der Waals surface area contributed by atoms with Crippen LogP contribution < -0.4 is 15.4 Å². The van der Waals surface area contributed by atoms with Gasteiger partial charge in [-0.05, 0) is 54.7 Å². The molecule has 35 heavy (non-hydrogen) atoms. The Bertz CT molecular complexity index is 1140. The molecular weight excluding hydrogens is 474 g/mol. The number of carboxylic acids is 1. The van der Waals surface area contributed by atoms with E-state index in [1.54, 1.807) is 12.4 Å². The first kappa shape index (κ1) is 26.2. The maximum absolute atomic E-state index is 12.1. The molecule has 0 bridgehead atoms. The van der Waals surface area contributed by atoms with Gasteiger partial charge < -0.3 is 25.4 Å². The Morgan fingerprint density at radius 1 is 1.17 bits per heavy atom. The molecule has 0 amide bonds. The fraction of sp³-hybridized carbons (Fsp3) is 0.435. The van der Waals surface area contributed by atoms with Crippen LogP contribution in [-0.2, 0) is 27.9 Å². The number of pyridine rings is 1. The second kappa shape index (κ2) is 10.9. The summed E-state index contributed by atoms with van der Waals surface area (Å²) in [4.78, 5) is 20.2. The van der Waals surface area contributed by atoms with Crippen LogP contribution in [0.1, 0.15) is 24.0 Å². The average Bonchev–Trinajstić information content (AvgIpc) is 2.82. The lowest BCUT2D eigenvalue weighted by atomic mass is 9.79. The standard InChI is InChI=1S/C22H27N5O3.CH4O3S/c23-21(24)27-10-5-16-13-19(2-1-17(16)14-27)30-15-22(20(28)29)6-11-26(12-7-22)18-3-8-25-9-4-18;1-5(2,3)4/h1-4,8-9,13H,5-7,10-12,14-15H2,(H3,23,24)(H,28,29);1H3,(H,2,3,4). The van der Waals surface area contributed by atoms with E-state index in [2.05, 4.69) is 9.88 Å². The molecule has 0 spiro atoms. The molecule has 2 aliphatic rings. The predicted octanol–water partition coefficient (Wildman–Crippen LogP) is 1.59. The molecule has 0 unspecified atom stereocenters. The molecule has 2 aromatic rings. The van der Waals surface area contributed by atoms with Gasteiger partial charge in [-0.15, -0.1) is 0 Å². The maximum Gasteiger partial charge on any atom is 0.313 e. The number of piperidine rings is 1. The lowest BCUT2D eigenvalue weighted by Gasteiger charge is -2.39. The summed E-state index contributed by atoms with van der Waals surface area (Å²) in [7, 11) is -3.67. The van der Waals surface area contributed by atoms with Crippen LogP contribution in [0.5, 0.6) is 5.75 Å². The van der Waals surface area contributed by atoms with Gasteiger partial charge in [0.1, 0.15) is 17.8 Å². The van der Waals surface area contributed by atoms with Crippen molar-refractivity contribution in [2.24, 2.45) is 11.1 Å². The summed E-state index contributed by atoms with van der Waals surface area (Å²) in [6.07, 6.45) is 6.07. The highest BCUT2D eigenvalue weighted by molar-refractivity contribution is 7.85. The number of carbonyl (C=O) groups is 1. The minimum absolute atomic E-state index is 0.0856. The Balaban J connectivity index is 0.000000623. The van der Waals surface area contributed by atoms with Crippen molar-refractivity contribution in [2.75, 3.05) is 37.4 Å². The molecule has 5 N–H and O–H groups in total. The van der Waals surface area contributed by atoms with Crippen LogP contribution in [0.15, 0.2) is 42.7 Å². The maximum atomic E-state index is 12.1. The number of aliphatic carboxylic acids is 1. The zero-order valence-corrected chi connectivity index (χ0v) is 20.4. The number of carboxylic acid groups (broad SMARTS) is 1. The molecule has 1 saturated heterocycles. The van der Waals surface area contributed by atoms with Gasteiger partial charge in [0, 0.05) is 44.3 Å². The number of nitrogens with zero attached hydrogens (tertiary/aromatic N) is 3. The van der Waals surface area contributed by atoms with E-state index < -0.39 is 21.5 Å². The van der Waals surface area contributed by atoms with E-state index >= 15 is 0 Å². The zero-order valence-electron chi connectivity index (χ0n) is 19.6. The average molecular weight is 506 g/mol. The molecule has 0 radical (unpaired) electrons. The largest absolute Gasteiger partial charge is 0.492 e. The summed E-state index contributed by atoms with van der Waals surface area (Å²) < 4.78 is 31.9. The van der Waals surface area contributed by atoms with Crippen LogP contribution in [0.3, 0.4) is 0 Å². The van der Waals surface area contributed by atoms with Gasteiger partial charge in [0.05, 0.1) is 6.26 Å². The first-order valence-electron chi connectivity index (χ1n) is 11.1. The Morgan fingerprint density at radius 3 is 2.37 bits per heavy atom. The fourth-order valence-electron chi connectivity index (χ4n) is 4.21. The number of fused-ring (bicyclic) bond motifs is 1. The highest BCUT2D eigenvalue weighted by Gasteiger charge is 2.42. The number of hydrogen-bond acceptors (Lipinski definition) is 7. The van der Waals surface area contributed by atoms with E-state index in [0.29, 0.717) is 51.0 Å². The van der Waals surface area contributed by atoms with E-state index in [4.69, 9.17) is 20.4 Å². The number of hydrogen-bond donors (Lipinski definition) is 4. The van der Waals surface area contributed by atoms with Crippen LogP contribution in [0.25, 0.3) is 0 Å². The van der Waals surface area contributed by atoms with Gasteiger partial charge >= 0.3 is 5.97 Å². The Morgan fingerprint density at radius 2 is 1.80 bits per heavy atom. The highest BCUT2D eigenvalue weighted by Crippen LogP contribution is 2.35. The topological polar surface area (TPSA) is 170 Å². The van der Waals surface area contributed by atoms with Crippen molar-refractivity contribution in [1.82, 2.24) is 9.88 Å². The number of benzene rings is 1. The molecule has 11 nitrogen and oxygen atoms in total. The molecule has 0 atom stereocenters. The minimum atomic E-state index is -3.67. The third-order valence-corrected chi connectivity index (χ3v) is 6.25. The fourth-order valence-corrected chi connectivity index (χ4v) is 4.21. The van der Waals surface area contributed by atoms with Gasteiger partial charge in [-0.3, -0.25) is 19.7 Å². The normalized spacial score (nSPS) is 17.0. The highest BCUT2D eigenvalue weighted by atomic mass is 32.2. The van der Waals surface area contributed by atoms with Gasteiger partial charge in [0.15, 0.2) is 5.96 Å². The monoisotopic (exact) mass is 505 g/mol. The second-order valence-electron chi connectivity index (χ2n) is 8.79. The smallest absolute Gasteiger partial charge is 0.313 e. The van der Waals surface area contributed by atoms with Crippen molar-refractivity contribution in [2.45, 2.75) is 25.8 Å². The molecule has 2 aliphatic heterocycles. The molecule has 3 heterocycles. The Hall–Kier alpha value is -3.38. The molecule has 12 heteroatoms. The molecule has 1 aromatic heterocycles. The van der Waals surface area contributed by atoms with Gasteiger partial charge in [-0.1, -0.05) is 6.07 Å². The molecule has 1 fully saturated rings. The summed E-state index contributed by atoms with van der Waals surface area (Å²) in [5, 5.41) is 17.6. The van der Waals surface area contributed by atoms with Gasteiger partial charge in [-0.2, -0.15) is 8.42 Å². The molecule has 1 aromatic carbocycles. The first-order chi connectivity index (χ1) is 16.5. The van der Waals surface area contributed by atoms with E-state index in [0.717, 1.165) is 17.7 Å². The Kier molecular flexibility index (Phi) is 8.18. The summed E-state index contributed by atoms with van der Waals surface area (Å²) in [5.74, 6) is -0.0170. The lowest BCUT2D eigenvalue weighted by molar-refractivity contribution is -0.152. The van der Waals surface area contributed by atoms with Crippen LogP contribution in [0.2, 0.25) is 0 Å².